The van der Waals surface area contributed by atoms with Crippen LogP contribution < -0.4 is 5.73 Å². The first kappa shape index (κ1) is 13.7. The molecule has 0 heterocycles. The van der Waals surface area contributed by atoms with E-state index in [9.17, 15) is 0 Å². The Morgan fingerprint density at radius 2 is 2.00 bits per heavy atom. The van der Waals surface area contributed by atoms with Gasteiger partial charge in [-0.15, -0.1) is 0 Å². The highest BCUT2D eigenvalue weighted by Crippen LogP contribution is 2.25. The molecule has 0 radical (unpaired) electrons. The lowest BCUT2D eigenvalue weighted by Crippen LogP contribution is -2.14. The third-order valence-electron chi connectivity index (χ3n) is 2.93. The highest BCUT2D eigenvalue weighted by Gasteiger charge is 2.11. The zero-order valence-electron chi connectivity index (χ0n) is 10.5. The number of rotatable bonds is 5. The van der Waals surface area contributed by atoms with Crippen LogP contribution >= 0.6 is 15.9 Å². The van der Waals surface area contributed by atoms with Crippen LogP contribution in [0.5, 0.6) is 0 Å². The van der Waals surface area contributed by atoms with E-state index >= 15 is 0 Å². The van der Waals surface area contributed by atoms with Gasteiger partial charge < -0.3 is 5.73 Å². The second kappa shape index (κ2) is 6.41. The summed E-state index contributed by atoms with van der Waals surface area (Å²) in [6.07, 6.45) is 3.58. The molecule has 0 fully saturated rings. The van der Waals surface area contributed by atoms with Crippen LogP contribution in [0.2, 0.25) is 0 Å². The fourth-order valence-electron chi connectivity index (χ4n) is 2.16. The van der Waals surface area contributed by atoms with Crippen LogP contribution in [0.3, 0.4) is 0 Å². The van der Waals surface area contributed by atoms with E-state index in [1.165, 1.54) is 24.0 Å². The summed E-state index contributed by atoms with van der Waals surface area (Å²) in [6, 6.07) is 6.61. The Hall–Kier alpha value is -0.340. The maximum absolute atomic E-state index is 6.24. The Morgan fingerprint density at radius 1 is 1.31 bits per heavy atom. The van der Waals surface area contributed by atoms with Gasteiger partial charge in [-0.05, 0) is 42.5 Å². The minimum atomic E-state index is 0.165. The summed E-state index contributed by atoms with van der Waals surface area (Å²) >= 11 is 3.52. The Kier molecular flexibility index (Phi) is 5.50. The molecule has 0 aliphatic rings. The maximum atomic E-state index is 6.24. The zero-order valence-corrected chi connectivity index (χ0v) is 12.0. The van der Waals surface area contributed by atoms with Gasteiger partial charge in [0.1, 0.15) is 0 Å². The number of aryl methyl sites for hydroxylation is 1. The van der Waals surface area contributed by atoms with E-state index in [1.807, 2.05) is 0 Å². The zero-order chi connectivity index (χ0) is 12.1. The average Bonchev–Trinajstić information content (AvgIpc) is 2.16. The van der Waals surface area contributed by atoms with Crippen molar-refractivity contribution >= 4 is 15.9 Å². The first-order chi connectivity index (χ1) is 7.52. The number of halogens is 1. The van der Waals surface area contributed by atoms with Gasteiger partial charge in [0.05, 0.1) is 0 Å². The second-order valence-electron chi connectivity index (χ2n) is 4.80. The number of nitrogens with two attached hydrogens (primary N) is 1. The lowest BCUT2D eigenvalue weighted by molar-refractivity contribution is 0.440. The van der Waals surface area contributed by atoms with Crippen LogP contribution in [0.4, 0.5) is 0 Å². The van der Waals surface area contributed by atoms with Crippen molar-refractivity contribution in [2.24, 2.45) is 11.7 Å². The normalized spacial score (nSPS) is 14.8. The summed E-state index contributed by atoms with van der Waals surface area (Å²) in [5, 5.41) is 0. The third-order valence-corrected chi connectivity index (χ3v) is 3.39. The largest absolute Gasteiger partial charge is 0.324 e. The van der Waals surface area contributed by atoms with E-state index in [2.05, 4.69) is 54.9 Å². The molecular formula is C14H22BrN. The van der Waals surface area contributed by atoms with Gasteiger partial charge in [-0.2, -0.15) is 0 Å². The van der Waals surface area contributed by atoms with Gasteiger partial charge >= 0.3 is 0 Å². The molecule has 0 bridgehead atoms. The lowest BCUT2D eigenvalue weighted by Gasteiger charge is -2.18. The number of benzene rings is 1. The van der Waals surface area contributed by atoms with Crippen molar-refractivity contribution in [2.45, 2.75) is 46.1 Å². The van der Waals surface area contributed by atoms with Gasteiger partial charge in [0.15, 0.2) is 0 Å². The first-order valence-corrected chi connectivity index (χ1v) is 6.85. The summed E-state index contributed by atoms with van der Waals surface area (Å²) in [5.41, 5.74) is 8.75. The molecule has 1 aromatic rings. The molecule has 2 N–H and O–H groups in total. The van der Waals surface area contributed by atoms with Crippen molar-refractivity contribution in [3.05, 3.63) is 33.8 Å². The van der Waals surface area contributed by atoms with Crippen molar-refractivity contribution in [1.82, 2.24) is 0 Å². The molecule has 2 atom stereocenters. The summed E-state index contributed by atoms with van der Waals surface area (Å²) in [4.78, 5) is 0. The van der Waals surface area contributed by atoms with Crippen molar-refractivity contribution in [3.63, 3.8) is 0 Å². The van der Waals surface area contributed by atoms with Crippen LogP contribution in [-0.2, 0) is 0 Å². The molecule has 2 unspecified atom stereocenters. The van der Waals surface area contributed by atoms with Crippen LogP contribution in [0.25, 0.3) is 0 Å². The van der Waals surface area contributed by atoms with Crippen LogP contribution in [0.15, 0.2) is 22.7 Å². The van der Waals surface area contributed by atoms with E-state index in [4.69, 9.17) is 5.73 Å². The summed E-state index contributed by atoms with van der Waals surface area (Å²) in [6.45, 7) is 6.62. The van der Waals surface area contributed by atoms with Gasteiger partial charge in [-0.1, -0.05) is 48.7 Å². The van der Waals surface area contributed by atoms with Crippen LogP contribution in [0.1, 0.15) is 50.3 Å². The topological polar surface area (TPSA) is 26.0 Å². The smallest absolute Gasteiger partial charge is 0.0297 e. The Morgan fingerprint density at radius 3 is 2.56 bits per heavy atom. The van der Waals surface area contributed by atoms with Crippen molar-refractivity contribution in [1.29, 1.82) is 0 Å². The summed E-state index contributed by atoms with van der Waals surface area (Å²) in [7, 11) is 0. The van der Waals surface area contributed by atoms with Crippen molar-refractivity contribution in [3.8, 4) is 0 Å². The Bertz CT molecular complexity index is 315. The van der Waals surface area contributed by atoms with Crippen LogP contribution in [0, 0.1) is 12.8 Å². The van der Waals surface area contributed by atoms with Crippen LogP contribution in [-0.4, -0.2) is 0 Å². The standard InChI is InChI=1S/C14H22BrN/c1-4-5-10(2)8-14(16)12-6-11(3)7-13(15)9-12/h6-7,9-10,14H,4-5,8,16H2,1-3H3. The first-order valence-electron chi connectivity index (χ1n) is 6.05. The second-order valence-corrected chi connectivity index (χ2v) is 5.71. The highest BCUT2D eigenvalue weighted by molar-refractivity contribution is 9.10. The highest BCUT2D eigenvalue weighted by atomic mass is 79.9. The fraction of sp³-hybridized carbons (Fsp3) is 0.571. The molecule has 0 spiro atoms. The SMILES string of the molecule is CCCC(C)CC(N)c1cc(C)cc(Br)c1. The lowest BCUT2D eigenvalue weighted by atomic mass is 9.93. The minimum absolute atomic E-state index is 0.165. The third kappa shape index (κ3) is 4.26. The summed E-state index contributed by atoms with van der Waals surface area (Å²) in [5.74, 6) is 0.708. The molecule has 0 saturated carbocycles. The van der Waals surface area contributed by atoms with E-state index in [0.717, 1.165) is 10.9 Å². The maximum Gasteiger partial charge on any atom is 0.0297 e. The molecular weight excluding hydrogens is 262 g/mol. The molecule has 0 aliphatic carbocycles. The van der Waals surface area contributed by atoms with E-state index < -0.39 is 0 Å². The molecule has 2 heteroatoms. The molecule has 1 nitrogen and oxygen atoms in total. The molecule has 90 valence electrons. The molecule has 16 heavy (non-hydrogen) atoms. The number of hydrogen-bond acceptors (Lipinski definition) is 1. The predicted molar refractivity (Wildman–Crippen MR) is 74.5 cm³/mol. The van der Waals surface area contributed by atoms with Crippen molar-refractivity contribution in [2.75, 3.05) is 0 Å². The molecule has 0 amide bonds. The quantitative estimate of drug-likeness (QED) is 0.841. The van der Waals surface area contributed by atoms with Gasteiger partial charge in [0, 0.05) is 10.5 Å². The van der Waals surface area contributed by atoms with Gasteiger partial charge in [0.25, 0.3) is 0 Å². The molecule has 0 aliphatic heterocycles. The monoisotopic (exact) mass is 283 g/mol. The van der Waals surface area contributed by atoms with Gasteiger partial charge in [-0.25, -0.2) is 0 Å². The fourth-order valence-corrected chi connectivity index (χ4v) is 2.78. The minimum Gasteiger partial charge on any atom is -0.324 e. The van der Waals surface area contributed by atoms with Gasteiger partial charge in [0.2, 0.25) is 0 Å². The summed E-state index contributed by atoms with van der Waals surface area (Å²) < 4.78 is 1.13. The predicted octanol–water partition coefficient (Wildman–Crippen LogP) is 4.58. The molecule has 0 aromatic heterocycles. The average molecular weight is 284 g/mol. The van der Waals surface area contributed by atoms with E-state index in [1.54, 1.807) is 0 Å². The molecule has 1 rings (SSSR count). The Balaban J connectivity index is 2.68. The number of hydrogen-bond donors (Lipinski definition) is 1. The molecule has 0 saturated heterocycles. The Labute approximate surface area is 108 Å². The van der Waals surface area contributed by atoms with E-state index in [0.29, 0.717) is 5.92 Å². The van der Waals surface area contributed by atoms with Crippen molar-refractivity contribution < 1.29 is 0 Å². The van der Waals surface area contributed by atoms with Gasteiger partial charge in [-0.3, -0.25) is 0 Å². The van der Waals surface area contributed by atoms with E-state index in [-0.39, 0.29) is 6.04 Å². The molecule has 1 aromatic carbocycles.